The molecule has 0 aromatic heterocycles. The van der Waals surface area contributed by atoms with Crippen molar-refractivity contribution in [1.82, 2.24) is 10.2 Å². The maximum Gasteiger partial charge on any atom is 0.238 e. The highest BCUT2D eigenvalue weighted by atomic mass is 16.2. The van der Waals surface area contributed by atoms with Gasteiger partial charge in [-0.1, -0.05) is 0 Å². The van der Waals surface area contributed by atoms with E-state index in [1.54, 1.807) is 24.3 Å². The van der Waals surface area contributed by atoms with Crippen LogP contribution in [0.3, 0.4) is 0 Å². The summed E-state index contributed by atoms with van der Waals surface area (Å²) in [5, 5.41) is 6.22. The Kier molecular flexibility index (Phi) is 5.47. The van der Waals surface area contributed by atoms with Gasteiger partial charge in [-0.25, -0.2) is 0 Å². The second kappa shape index (κ2) is 7.33. The zero-order valence-electron chi connectivity index (χ0n) is 12.7. The molecule has 0 aliphatic carbocycles. The smallest absolute Gasteiger partial charge is 0.238 e. The van der Waals surface area contributed by atoms with E-state index in [9.17, 15) is 9.59 Å². The number of hydrogen-bond donors (Lipinski definition) is 2. The van der Waals surface area contributed by atoms with Gasteiger partial charge in [0, 0.05) is 23.8 Å². The number of nitrogens with one attached hydrogen (secondary N) is 2. The van der Waals surface area contributed by atoms with Crippen LogP contribution in [0.1, 0.15) is 30.1 Å². The second-order valence-corrected chi connectivity index (χ2v) is 5.60. The highest BCUT2D eigenvalue weighted by Crippen LogP contribution is 2.11. The predicted molar refractivity (Wildman–Crippen MR) is 83.6 cm³/mol. The summed E-state index contributed by atoms with van der Waals surface area (Å²) in [5.74, 6) is -0.00365. The van der Waals surface area contributed by atoms with E-state index in [0.717, 1.165) is 31.6 Å². The molecular weight excluding hydrogens is 266 g/mol. The number of likely N-dealkylation sites (N-methyl/N-ethyl adjacent to an activating group) is 1. The summed E-state index contributed by atoms with van der Waals surface area (Å²) in [6.07, 6.45) is 2.28. The molecule has 0 radical (unpaired) electrons. The topological polar surface area (TPSA) is 61.4 Å². The SMILES string of the molecule is CC(=O)c1ccc(NC(=O)CN(C)C2CCCNC2)cc1. The van der Waals surface area contributed by atoms with E-state index >= 15 is 0 Å². The number of hydrogen-bond acceptors (Lipinski definition) is 4. The molecule has 1 aliphatic rings. The van der Waals surface area contributed by atoms with Crippen LogP contribution in [0.4, 0.5) is 5.69 Å². The van der Waals surface area contributed by atoms with E-state index in [4.69, 9.17) is 0 Å². The summed E-state index contributed by atoms with van der Waals surface area (Å²) in [6.45, 7) is 3.91. The molecule has 1 heterocycles. The van der Waals surface area contributed by atoms with Gasteiger partial charge in [-0.15, -0.1) is 0 Å². The van der Waals surface area contributed by atoms with Crippen LogP contribution in [0, 0.1) is 0 Å². The first-order valence-electron chi connectivity index (χ1n) is 7.38. The molecule has 0 bridgehead atoms. The molecular formula is C16H23N3O2. The lowest BCUT2D eigenvalue weighted by Gasteiger charge is -2.31. The summed E-state index contributed by atoms with van der Waals surface area (Å²) >= 11 is 0. The van der Waals surface area contributed by atoms with E-state index in [2.05, 4.69) is 15.5 Å². The van der Waals surface area contributed by atoms with Crippen LogP contribution >= 0.6 is 0 Å². The van der Waals surface area contributed by atoms with E-state index in [1.807, 2.05) is 7.05 Å². The van der Waals surface area contributed by atoms with Crippen molar-refractivity contribution in [3.63, 3.8) is 0 Å². The fraction of sp³-hybridized carbons (Fsp3) is 0.500. The van der Waals surface area contributed by atoms with Gasteiger partial charge in [0.1, 0.15) is 0 Å². The molecule has 1 fully saturated rings. The molecule has 21 heavy (non-hydrogen) atoms. The Labute approximate surface area is 125 Å². The van der Waals surface area contributed by atoms with Gasteiger partial charge in [-0.05, 0) is 57.6 Å². The van der Waals surface area contributed by atoms with Crippen LogP contribution in [-0.2, 0) is 4.79 Å². The van der Waals surface area contributed by atoms with Crippen molar-refractivity contribution in [2.24, 2.45) is 0 Å². The Morgan fingerprint density at radius 1 is 1.33 bits per heavy atom. The van der Waals surface area contributed by atoms with E-state index < -0.39 is 0 Å². The zero-order valence-corrected chi connectivity index (χ0v) is 12.7. The van der Waals surface area contributed by atoms with Crippen molar-refractivity contribution in [3.8, 4) is 0 Å². The van der Waals surface area contributed by atoms with Crippen LogP contribution in [0.15, 0.2) is 24.3 Å². The van der Waals surface area contributed by atoms with Crippen LogP contribution in [-0.4, -0.2) is 49.3 Å². The first-order valence-corrected chi connectivity index (χ1v) is 7.38. The van der Waals surface area contributed by atoms with Gasteiger partial charge in [-0.3, -0.25) is 14.5 Å². The highest BCUT2D eigenvalue weighted by molar-refractivity contribution is 5.96. The lowest BCUT2D eigenvalue weighted by Crippen LogP contribution is -2.46. The maximum absolute atomic E-state index is 12.0. The van der Waals surface area contributed by atoms with Crippen molar-refractivity contribution in [1.29, 1.82) is 0 Å². The Morgan fingerprint density at radius 3 is 2.62 bits per heavy atom. The van der Waals surface area contributed by atoms with Gasteiger partial charge in [-0.2, -0.15) is 0 Å². The molecule has 1 amide bonds. The number of carbonyl (C=O) groups is 2. The Balaban J connectivity index is 1.84. The predicted octanol–water partition coefficient (Wildman–Crippen LogP) is 1.51. The van der Waals surface area contributed by atoms with Crippen LogP contribution in [0.5, 0.6) is 0 Å². The molecule has 1 aliphatic heterocycles. The Bertz CT molecular complexity index is 493. The standard InChI is InChI=1S/C16H23N3O2/c1-12(20)13-5-7-14(8-6-13)18-16(21)11-19(2)15-4-3-9-17-10-15/h5-8,15,17H,3-4,9-11H2,1-2H3,(H,18,21). The molecule has 5 heteroatoms. The number of rotatable bonds is 5. The summed E-state index contributed by atoms with van der Waals surface area (Å²) in [7, 11) is 1.98. The number of nitrogens with zero attached hydrogens (tertiary/aromatic N) is 1. The van der Waals surface area contributed by atoms with Crippen LogP contribution in [0.25, 0.3) is 0 Å². The lowest BCUT2D eigenvalue weighted by molar-refractivity contribution is -0.117. The number of ketones is 1. The lowest BCUT2D eigenvalue weighted by atomic mass is 10.1. The molecule has 2 rings (SSSR count). The minimum absolute atomic E-state index is 0.0254. The Morgan fingerprint density at radius 2 is 2.05 bits per heavy atom. The molecule has 1 saturated heterocycles. The molecule has 1 aromatic rings. The average molecular weight is 289 g/mol. The summed E-state index contributed by atoms with van der Waals surface area (Å²) in [4.78, 5) is 25.3. The Hall–Kier alpha value is -1.72. The third-order valence-corrected chi connectivity index (χ3v) is 3.86. The molecule has 1 atom stereocenters. The third-order valence-electron chi connectivity index (χ3n) is 3.86. The largest absolute Gasteiger partial charge is 0.325 e. The highest BCUT2D eigenvalue weighted by Gasteiger charge is 2.19. The van der Waals surface area contributed by atoms with Gasteiger partial charge in [0.25, 0.3) is 0 Å². The second-order valence-electron chi connectivity index (χ2n) is 5.60. The summed E-state index contributed by atoms with van der Waals surface area (Å²) in [6, 6.07) is 7.40. The number of piperidine rings is 1. The fourth-order valence-corrected chi connectivity index (χ4v) is 2.55. The summed E-state index contributed by atoms with van der Waals surface area (Å²) in [5.41, 5.74) is 1.37. The molecule has 0 saturated carbocycles. The van der Waals surface area contributed by atoms with Crippen molar-refractivity contribution in [2.45, 2.75) is 25.8 Å². The molecule has 2 N–H and O–H groups in total. The molecule has 1 aromatic carbocycles. The van der Waals surface area contributed by atoms with Crippen molar-refractivity contribution in [2.75, 3.05) is 32.0 Å². The number of amides is 1. The van der Waals surface area contributed by atoms with E-state index in [-0.39, 0.29) is 11.7 Å². The molecule has 0 spiro atoms. The minimum Gasteiger partial charge on any atom is -0.325 e. The number of Topliss-reactive ketones (excluding diaryl/α,β-unsaturated/α-hetero) is 1. The van der Waals surface area contributed by atoms with Crippen LogP contribution in [0.2, 0.25) is 0 Å². The van der Waals surface area contributed by atoms with Gasteiger partial charge in [0.05, 0.1) is 6.54 Å². The van der Waals surface area contributed by atoms with Crippen LogP contribution < -0.4 is 10.6 Å². The maximum atomic E-state index is 12.0. The molecule has 1 unspecified atom stereocenters. The monoisotopic (exact) mass is 289 g/mol. The molecule has 114 valence electrons. The number of carbonyl (C=O) groups excluding carboxylic acids is 2. The van der Waals surface area contributed by atoms with Crippen molar-refractivity contribution < 1.29 is 9.59 Å². The summed E-state index contributed by atoms with van der Waals surface area (Å²) < 4.78 is 0. The van der Waals surface area contributed by atoms with Crippen molar-refractivity contribution >= 4 is 17.4 Å². The van der Waals surface area contributed by atoms with E-state index in [0.29, 0.717) is 18.2 Å². The third kappa shape index (κ3) is 4.65. The number of anilines is 1. The zero-order chi connectivity index (χ0) is 15.2. The van der Waals surface area contributed by atoms with Crippen molar-refractivity contribution in [3.05, 3.63) is 29.8 Å². The normalized spacial score (nSPS) is 18.5. The fourth-order valence-electron chi connectivity index (χ4n) is 2.55. The van der Waals surface area contributed by atoms with Gasteiger partial charge < -0.3 is 10.6 Å². The first kappa shape index (κ1) is 15.7. The molecule has 5 nitrogen and oxygen atoms in total. The van der Waals surface area contributed by atoms with Gasteiger partial charge in [0.15, 0.2) is 5.78 Å². The average Bonchev–Trinajstić information content (AvgIpc) is 2.48. The van der Waals surface area contributed by atoms with Gasteiger partial charge >= 0.3 is 0 Å². The number of benzene rings is 1. The quantitative estimate of drug-likeness (QED) is 0.807. The first-order chi connectivity index (χ1) is 10.1. The minimum atomic E-state index is -0.0290. The van der Waals surface area contributed by atoms with E-state index in [1.165, 1.54) is 6.92 Å². The van der Waals surface area contributed by atoms with Gasteiger partial charge in [0.2, 0.25) is 5.91 Å².